The van der Waals surface area contributed by atoms with E-state index in [1.165, 1.54) is 23.5 Å². The molecule has 0 radical (unpaired) electrons. The lowest BCUT2D eigenvalue weighted by Crippen LogP contribution is -2.37. The van der Waals surface area contributed by atoms with Gasteiger partial charge >= 0.3 is 0 Å². The molecule has 2 aromatic carbocycles. The van der Waals surface area contributed by atoms with Gasteiger partial charge in [-0.1, -0.05) is 6.07 Å². The van der Waals surface area contributed by atoms with Crippen LogP contribution in [0.2, 0.25) is 0 Å². The van der Waals surface area contributed by atoms with Gasteiger partial charge in [0.1, 0.15) is 25.3 Å². The van der Waals surface area contributed by atoms with Crippen LogP contribution in [0.3, 0.4) is 0 Å². The van der Waals surface area contributed by atoms with Crippen molar-refractivity contribution in [3.05, 3.63) is 63.0 Å². The summed E-state index contributed by atoms with van der Waals surface area (Å²) in [5, 5.41) is 15.8. The maximum Gasteiger partial charge on any atom is 0.282 e. The third-order valence-electron chi connectivity index (χ3n) is 5.06. The van der Waals surface area contributed by atoms with Gasteiger partial charge in [0, 0.05) is 17.0 Å². The van der Waals surface area contributed by atoms with Crippen molar-refractivity contribution in [2.75, 3.05) is 25.1 Å². The van der Waals surface area contributed by atoms with Crippen molar-refractivity contribution in [1.82, 2.24) is 9.88 Å². The number of hydrogen-bond acceptors (Lipinski definition) is 9. The molecule has 0 spiro atoms. The van der Waals surface area contributed by atoms with Crippen LogP contribution in [0.25, 0.3) is 11.3 Å². The first-order valence-electron chi connectivity index (χ1n) is 9.71. The number of carbonyl (C=O) groups excluding carboxylic acids is 3. The molecule has 0 saturated heterocycles. The van der Waals surface area contributed by atoms with Gasteiger partial charge in [0.05, 0.1) is 16.2 Å². The van der Waals surface area contributed by atoms with Gasteiger partial charge in [0.25, 0.3) is 17.5 Å². The van der Waals surface area contributed by atoms with Crippen molar-refractivity contribution >= 4 is 39.9 Å². The van der Waals surface area contributed by atoms with Crippen LogP contribution in [0.1, 0.15) is 20.7 Å². The SMILES string of the molecule is O=C(CN1C(=O)c2cccc([N+](=O)[O-])c2C1=O)Nc1nc(-c2ccc3c(c2)OCCO3)cs1. The highest BCUT2D eigenvalue weighted by atomic mass is 32.1. The molecular formula is C21H14N4O7S. The summed E-state index contributed by atoms with van der Waals surface area (Å²) in [6.07, 6.45) is 0. The predicted octanol–water partition coefficient (Wildman–Crippen LogP) is 2.72. The van der Waals surface area contributed by atoms with Gasteiger partial charge in [0.2, 0.25) is 5.91 Å². The highest BCUT2D eigenvalue weighted by Gasteiger charge is 2.41. The molecule has 0 saturated carbocycles. The second-order valence-electron chi connectivity index (χ2n) is 7.10. The van der Waals surface area contributed by atoms with Gasteiger partial charge in [-0.25, -0.2) is 4.98 Å². The van der Waals surface area contributed by atoms with Crippen molar-refractivity contribution in [2.24, 2.45) is 0 Å². The summed E-state index contributed by atoms with van der Waals surface area (Å²) in [4.78, 5) is 53.2. The summed E-state index contributed by atoms with van der Waals surface area (Å²) in [5.74, 6) is -1.04. The van der Waals surface area contributed by atoms with E-state index in [1.807, 2.05) is 6.07 Å². The van der Waals surface area contributed by atoms with Crippen LogP contribution >= 0.6 is 11.3 Å². The molecule has 3 amide bonds. The van der Waals surface area contributed by atoms with Crippen LogP contribution in [0.4, 0.5) is 10.8 Å². The van der Waals surface area contributed by atoms with Crippen LogP contribution in [0.5, 0.6) is 11.5 Å². The van der Waals surface area contributed by atoms with Crippen molar-refractivity contribution in [3.8, 4) is 22.8 Å². The largest absolute Gasteiger partial charge is 0.486 e. The Labute approximate surface area is 189 Å². The molecule has 166 valence electrons. The molecule has 0 aliphatic carbocycles. The van der Waals surface area contributed by atoms with E-state index in [-0.39, 0.29) is 16.3 Å². The highest BCUT2D eigenvalue weighted by molar-refractivity contribution is 7.14. The van der Waals surface area contributed by atoms with E-state index in [1.54, 1.807) is 17.5 Å². The normalized spacial score (nSPS) is 14.2. The fourth-order valence-electron chi connectivity index (χ4n) is 3.58. The Morgan fingerprint density at radius 3 is 2.73 bits per heavy atom. The lowest BCUT2D eigenvalue weighted by atomic mass is 10.1. The van der Waals surface area contributed by atoms with Gasteiger partial charge in [-0.05, 0) is 24.3 Å². The van der Waals surface area contributed by atoms with Crippen molar-refractivity contribution in [3.63, 3.8) is 0 Å². The molecule has 1 aromatic heterocycles. The number of rotatable bonds is 5. The van der Waals surface area contributed by atoms with Gasteiger partial charge < -0.3 is 14.8 Å². The zero-order valence-corrected chi connectivity index (χ0v) is 17.6. The molecule has 12 heteroatoms. The van der Waals surface area contributed by atoms with Crippen LogP contribution in [-0.2, 0) is 4.79 Å². The molecule has 33 heavy (non-hydrogen) atoms. The van der Waals surface area contributed by atoms with Crippen molar-refractivity contribution in [2.45, 2.75) is 0 Å². The molecule has 1 N–H and O–H groups in total. The number of hydrogen-bond donors (Lipinski definition) is 1. The number of fused-ring (bicyclic) bond motifs is 2. The van der Waals surface area contributed by atoms with Gasteiger partial charge in [-0.2, -0.15) is 0 Å². The second kappa shape index (κ2) is 7.98. The summed E-state index contributed by atoms with van der Waals surface area (Å²) < 4.78 is 11.1. The minimum Gasteiger partial charge on any atom is -0.486 e. The smallest absolute Gasteiger partial charge is 0.282 e. The number of ether oxygens (including phenoxy) is 2. The van der Waals surface area contributed by atoms with E-state index in [9.17, 15) is 24.5 Å². The Balaban J connectivity index is 1.29. The summed E-state index contributed by atoms with van der Waals surface area (Å²) in [6.45, 7) is 0.345. The van der Waals surface area contributed by atoms with Crippen LogP contribution in [0.15, 0.2) is 41.8 Å². The molecule has 11 nitrogen and oxygen atoms in total. The van der Waals surface area contributed by atoms with Gasteiger partial charge in [-0.15, -0.1) is 11.3 Å². The second-order valence-corrected chi connectivity index (χ2v) is 7.96. The van der Waals surface area contributed by atoms with E-state index in [4.69, 9.17) is 9.47 Å². The Kier molecular flexibility index (Phi) is 4.98. The molecule has 0 fully saturated rings. The van der Waals surface area contributed by atoms with Gasteiger partial charge in [-0.3, -0.25) is 29.4 Å². The monoisotopic (exact) mass is 466 g/mol. The number of nitro benzene ring substituents is 1. The zero-order chi connectivity index (χ0) is 23.1. The lowest BCUT2D eigenvalue weighted by molar-refractivity contribution is -0.385. The van der Waals surface area contributed by atoms with Crippen LogP contribution in [0, 0.1) is 10.1 Å². The number of aromatic nitrogens is 1. The maximum absolute atomic E-state index is 12.6. The molecule has 2 aliphatic rings. The summed E-state index contributed by atoms with van der Waals surface area (Å²) in [6, 6.07) is 9.17. The fraction of sp³-hybridized carbons (Fsp3) is 0.143. The number of benzene rings is 2. The first-order valence-corrected chi connectivity index (χ1v) is 10.6. The molecule has 2 aliphatic heterocycles. The molecule has 3 heterocycles. The molecule has 5 rings (SSSR count). The quantitative estimate of drug-likeness (QED) is 0.344. The molecule has 0 bridgehead atoms. The lowest BCUT2D eigenvalue weighted by Gasteiger charge is -2.18. The average molecular weight is 466 g/mol. The summed E-state index contributed by atoms with van der Waals surface area (Å²) in [7, 11) is 0. The average Bonchev–Trinajstić information content (AvgIpc) is 3.37. The first kappa shape index (κ1) is 20.6. The third-order valence-corrected chi connectivity index (χ3v) is 5.82. The van der Waals surface area contributed by atoms with Crippen molar-refractivity contribution in [1.29, 1.82) is 0 Å². The first-order chi connectivity index (χ1) is 15.9. The number of anilines is 1. The van der Waals surface area contributed by atoms with Crippen molar-refractivity contribution < 1.29 is 28.8 Å². The molecule has 0 atom stereocenters. The van der Waals surface area contributed by atoms with E-state index >= 15 is 0 Å². The number of amides is 3. The molecule has 0 unspecified atom stereocenters. The zero-order valence-electron chi connectivity index (χ0n) is 16.8. The Hall–Kier alpha value is -4.32. The van der Waals surface area contributed by atoms with E-state index in [0.29, 0.717) is 35.3 Å². The minimum absolute atomic E-state index is 0.0999. The number of imide groups is 1. The van der Waals surface area contributed by atoms with E-state index < -0.39 is 34.9 Å². The Morgan fingerprint density at radius 2 is 1.94 bits per heavy atom. The number of nitrogens with zero attached hydrogens (tertiary/aromatic N) is 3. The van der Waals surface area contributed by atoms with Crippen LogP contribution in [-0.4, -0.2) is 52.3 Å². The van der Waals surface area contributed by atoms with Gasteiger partial charge in [0.15, 0.2) is 16.6 Å². The predicted molar refractivity (Wildman–Crippen MR) is 116 cm³/mol. The summed E-state index contributed by atoms with van der Waals surface area (Å²) in [5.41, 5.74) is 0.484. The third kappa shape index (κ3) is 3.65. The minimum atomic E-state index is -0.881. The number of nitrogens with one attached hydrogen (secondary N) is 1. The van der Waals surface area contributed by atoms with E-state index in [2.05, 4.69) is 10.3 Å². The van der Waals surface area contributed by atoms with E-state index in [0.717, 1.165) is 11.6 Å². The number of carbonyl (C=O) groups is 3. The Bertz CT molecular complexity index is 1340. The van der Waals surface area contributed by atoms with Crippen LogP contribution < -0.4 is 14.8 Å². The number of nitro groups is 1. The standard InChI is InChI=1S/C21H14N4O7S/c26-17(9-24-19(27)12-2-1-3-14(25(29)30)18(12)20(24)28)23-21-22-13(10-33-21)11-4-5-15-16(8-11)32-7-6-31-15/h1-5,8,10H,6-7,9H2,(H,22,23,26). The molecular weight excluding hydrogens is 452 g/mol. The fourth-order valence-corrected chi connectivity index (χ4v) is 4.32. The summed E-state index contributed by atoms with van der Waals surface area (Å²) >= 11 is 1.17. The maximum atomic E-state index is 12.6. The topological polar surface area (TPSA) is 141 Å². The molecule has 3 aromatic rings. The Morgan fingerprint density at radius 1 is 1.15 bits per heavy atom. The highest BCUT2D eigenvalue weighted by Crippen LogP contribution is 2.35. The number of thiazole rings is 1.